The van der Waals surface area contributed by atoms with Crippen LogP contribution in [0.15, 0.2) is 18.2 Å². The fraction of sp³-hybridized carbons (Fsp3) is 0.222. The number of halogens is 4. The van der Waals surface area contributed by atoms with E-state index in [-0.39, 0.29) is 15.6 Å². The van der Waals surface area contributed by atoms with Crippen LogP contribution in [0.1, 0.15) is 11.6 Å². The fourth-order valence-corrected chi connectivity index (χ4v) is 1.61. The molecule has 0 unspecified atom stereocenters. The predicted molar refractivity (Wildman–Crippen MR) is 56.0 cm³/mol. The normalized spacial score (nSPS) is 13.6. The van der Waals surface area contributed by atoms with Crippen molar-refractivity contribution in [1.29, 1.82) is 0 Å². The average molecular weight is 270 g/mol. The van der Waals surface area contributed by atoms with Crippen molar-refractivity contribution in [3.05, 3.63) is 33.8 Å². The highest BCUT2D eigenvalue weighted by Gasteiger charge is 2.47. The number of carboxylic acid groups (broad SMARTS) is 1. The van der Waals surface area contributed by atoms with Crippen LogP contribution in [0.4, 0.5) is 8.78 Å². The molecule has 0 amide bonds. The summed E-state index contributed by atoms with van der Waals surface area (Å²) >= 11 is 11.2. The van der Waals surface area contributed by atoms with E-state index >= 15 is 0 Å². The van der Waals surface area contributed by atoms with Gasteiger partial charge in [0.2, 0.25) is 0 Å². The molecule has 0 heterocycles. The zero-order valence-electron chi connectivity index (χ0n) is 7.75. The molecule has 0 saturated carbocycles. The third kappa shape index (κ3) is 2.42. The number of nitrogens with two attached hydrogens (primary N) is 1. The van der Waals surface area contributed by atoms with Gasteiger partial charge in [-0.25, -0.2) is 4.79 Å². The van der Waals surface area contributed by atoms with Gasteiger partial charge >= 0.3 is 11.9 Å². The van der Waals surface area contributed by atoms with Gasteiger partial charge in [0.1, 0.15) is 6.04 Å². The van der Waals surface area contributed by atoms with E-state index < -0.39 is 17.9 Å². The largest absolute Gasteiger partial charge is 0.477 e. The highest BCUT2D eigenvalue weighted by atomic mass is 35.5. The topological polar surface area (TPSA) is 63.3 Å². The first kappa shape index (κ1) is 13.2. The number of hydrogen-bond acceptors (Lipinski definition) is 2. The van der Waals surface area contributed by atoms with Crippen molar-refractivity contribution in [3.63, 3.8) is 0 Å². The standard InChI is InChI=1S/C9H7Cl2F2NO2/c10-4-1-2-5(6(11)3-4)7(14)9(12,13)8(15)16/h1-3,7H,14H2,(H,15,16)/t7-/m1/s1. The molecule has 0 fully saturated rings. The zero-order valence-corrected chi connectivity index (χ0v) is 9.27. The number of carbonyl (C=O) groups is 1. The molecule has 0 spiro atoms. The first-order valence-electron chi connectivity index (χ1n) is 4.08. The summed E-state index contributed by atoms with van der Waals surface area (Å²) in [5.74, 6) is -6.39. The summed E-state index contributed by atoms with van der Waals surface area (Å²) in [6.07, 6.45) is 0. The number of rotatable bonds is 3. The molecule has 3 N–H and O–H groups in total. The van der Waals surface area contributed by atoms with Gasteiger partial charge in [0, 0.05) is 10.0 Å². The molecule has 0 radical (unpaired) electrons. The van der Waals surface area contributed by atoms with Crippen molar-refractivity contribution in [2.24, 2.45) is 5.73 Å². The first-order chi connectivity index (χ1) is 7.26. The van der Waals surface area contributed by atoms with Crippen molar-refractivity contribution in [2.45, 2.75) is 12.0 Å². The maximum atomic E-state index is 13.1. The molecule has 1 atom stereocenters. The number of alkyl halides is 2. The summed E-state index contributed by atoms with van der Waals surface area (Å²) in [4.78, 5) is 10.3. The Labute approximate surface area is 99.8 Å². The molecule has 1 aromatic carbocycles. The maximum absolute atomic E-state index is 13.1. The lowest BCUT2D eigenvalue weighted by Gasteiger charge is -2.20. The number of carboxylic acids is 1. The van der Waals surface area contributed by atoms with E-state index in [4.69, 9.17) is 34.0 Å². The summed E-state index contributed by atoms with van der Waals surface area (Å²) in [7, 11) is 0. The predicted octanol–water partition coefficient (Wildman–Crippen LogP) is 2.71. The van der Waals surface area contributed by atoms with Gasteiger partial charge in [-0.15, -0.1) is 0 Å². The van der Waals surface area contributed by atoms with Crippen LogP contribution in [0.3, 0.4) is 0 Å². The van der Waals surface area contributed by atoms with E-state index in [0.29, 0.717) is 0 Å². The molecule has 3 nitrogen and oxygen atoms in total. The lowest BCUT2D eigenvalue weighted by molar-refractivity contribution is -0.168. The van der Waals surface area contributed by atoms with Crippen LogP contribution < -0.4 is 5.73 Å². The molecule has 0 bridgehead atoms. The van der Waals surface area contributed by atoms with Gasteiger partial charge in [0.25, 0.3) is 0 Å². The van der Waals surface area contributed by atoms with Crippen molar-refractivity contribution >= 4 is 29.2 Å². The highest BCUT2D eigenvalue weighted by molar-refractivity contribution is 6.35. The third-order valence-electron chi connectivity index (χ3n) is 1.97. The Bertz CT molecular complexity index is 426. The molecule has 0 aliphatic rings. The molecule has 1 rings (SSSR count). The van der Waals surface area contributed by atoms with Gasteiger partial charge in [-0.05, 0) is 17.7 Å². The van der Waals surface area contributed by atoms with Crippen molar-refractivity contribution < 1.29 is 18.7 Å². The summed E-state index contributed by atoms with van der Waals surface area (Å²) in [5.41, 5.74) is 5.00. The second-order valence-corrected chi connectivity index (χ2v) is 3.92. The van der Waals surface area contributed by atoms with Crippen molar-refractivity contribution in [3.8, 4) is 0 Å². The lowest BCUT2D eigenvalue weighted by atomic mass is 10.0. The van der Waals surface area contributed by atoms with Crippen LogP contribution in [0, 0.1) is 0 Å². The number of benzene rings is 1. The van der Waals surface area contributed by atoms with E-state index in [1.165, 1.54) is 18.2 Å². The highest BCUT2D eigenvalue weighted by Crippen LogP contribution is 2.34. The van der Waals surface area contributed by atoms with Crippen LogP contribution in [0.5, 0.6) is 0 Å². The Morgan fingerprint density at radius 1 is 1.44 bits per heavy atom. The number of aliphatic carboxylic acids is 1. The minimum absolute atomic E-state index is 0.0964. The molecule has 1 aromatic rings. The summed E-state index contributed by atoms with van der Waals surface area (Å²) < 4.78 is 26.2. The Morgan fingerprint density at radius 3 is 2.44 bits per heavy atom. The molecule has 0 aliphatic carbocycles. The van der Waals surface area contributed by atoms with Gasteiger partial charge in [0.15, 0.2) is 0 Å². The maximum Gasteiger partial charge on any atom is 0.376 e. The SMILES string of the molecule is N[C@H](c1ccc(Cl)cc1Cl)C(F)(F)C(=O)O. The van der Waals surface area contributed by atoms with Crippen LogP contribution in [0.25, 0.3) is 0 Å². The van der Waals surface area contributed by atoms with Crippen LogP contribution >= 0.6 is 23.2 Å². The lowest BCUT2D eigenvalue weighted by Crippen LogP contribution is -2.40. The average Bonchev–Trinajstić information content (AvgIpc) is 2.16. The second-order valence-electron chi connectivity index (χ2n) is 3.07. The zero-order chi connectivity index (χ0) is 12.5. The van der Waals surface area contributed by atoms with Crippen molar-refractivity contribution in [1.82, 2.24) is 0 Å². The molecule has 88 valence electrons. The third-order valence-corrected chi connectivity index (χ3v) is 2.54. The first-order valence-corrected chi connectivity index (χ1v) is 4.84. The van der Waals surface area contributed by atoms with E-state index in [0.717, 1.165) is 0 Å². The monoisotopic (exact) mass is 269 g/mol. The van der Waals surface area contributed by atoms with E-state index in [2.05, 4.69) is 0 Å². The Hall–Kier alpha value is -0.910. The summed E-state index contributed by atoms with van der Waals surface area (Å²) in [6, 6.07) is 1.68. The fourth-order valence-electron chi connectivity index (χ4n) is 1.08. The Morgan fingerprint density at radius 2 is 2.00 bits per heavy atom. The summed E-state index contributed by atoms with van der Waals surface area (Å²) in [6.45, 7) is 0. The molecule has 0 saturated heterocycles. The molecule has 0 aliphatic heterocycles. The summed E-state index contributed by atoms with van der Waals surface area (Å²) in [5, 5.41) is 8.47. The smallest absolute Gasteiger partial charge is 0.376 e. The minimum Gasteiger partial charge on any atom is -0.477 e. The van der Waals surface area contributed by atoms with E-state index in [9.17, 15) is 13.6 Å². The Kier molecular flexibility index (Phi) is 3.72. The minimum atomic E-state index is -4.09. The molecular formula is C9H7Cl2F2NO2. The quantitative estimate of drug-likeness (QED) is 0.887. The molecular weight excluding hydrogens is 263 g/mol. The van der Waals surface area contributed by atoms with E-state index in [1.54, 1.807) is 0 Å². The van der Waals surface area contributed by atoms with Crippen LogP contribution in [0.2, 0.25) is 10.0 Å². The van der Waals surface area contributed by atoms with Gasteiger partial charge in [0.05, 0.1) is 0 Å². The van der Waals surface area contributed by atoms with Gasteiger partial charge in [-0.1, -0.05) is 29.3 Å². The number of hydrogen-bond donors (Lipinski definition) is 2. The van der Waals surface area contributed by atoms with Gasteiger partial charge < -0.3 is 10.8 Å². The van der Waals surface area contributed by atoms with Crippen LogP contribution in [-0.2, 0) is 4.79 Å². The van der Waals surface area contributed by atoms with Gasteiger partial charge in [-0.2, -0.15) is 8.78 Å². The second kappa shape index (κ2) is 4.53. The Balaban J connectivity index is 3.14. The molecule has 7 heteroatoms. The van der Waals surface area contributed by atoms with Crippen LogP contribution in [-0.4, -0.2) is 17.0 Å². The molecule has 0 aromatic heterocycles. The van der Waals surface area contributed by atoms with E-state index in [1.807, 2.05) is 0 Å². The van der Waals surface area contributed by atoms with Gasteiger partial charge in [-0.3, -0.25) is 0 Å². The van der Waals surface area contributed by atoms with Crippen molar-refractivity contribution in [2.75, 3.05) is 0 Å². The molecule has 16 heavy (non-hydrogen) atoms.